The van der Waals surface area contributed by atoms with E-state index in [2.05, 4.69) is 9.71 Å². The first-order valence-corrected chi connectivity index (χ1v) is 12.9. The number of carbonyl (C=O) groups excluding carboxylic acids is 1. The van der Waals surface area contributed by atoms with Gasteiger partial charge in [-0.05, 0) is 70.2 Å². The first-order valence-electron chi connectivity index (χ1n) is 11.4. The van der Waals surface area contributed by atoms with Crippen molar-refractivity contribution >= 4 is 32.5 Å². The third-order valence-electron chi connectivity index (χ3n) is 5.63. The zero-order valence-electron chi connectivity index (χ0n) is 20.1. The number of hydrogen-bond acceptors (Lipinski definition) is 6. The monoisotopic (exact) mass is 499 g/mol. The van der Waals surface area contributed by atoms with Gasteiger partial charge >= 0.3 is 0 Å². The van der Waals surface area contributed by atoms with E-state index >= 15 is 0 Å². The van der Waals surface area contributed by atoms with Gasteiger partial charge in [-0.15, -0.1) is 0 Å². The molecule has 0 bridgehead atoms. The van der Waals surface area contributed by atoms with Gasteiger partial charge < -0.3 is 19.4 Å². The van der Waals surface area contributed by atoms with E-state index in [-0.39, 0.29) is 22.5 Å². The highest BCUT2D eigenvalue weighted by Gasteiger charge is 2.34. The third kappa shape index (κ3) is 5.49. The number of fused-ring (bicyclic) bond motifs is 1. The molecular formula is C25H29N3O6S. The molecule has 1 aliphatic heterocycles. The molecule has 1 unspecified atom stereocenters. The lowest BCUT2D eigenvalue weighted by molar-refractivity contribution is -0.118. The van der Waals surface area contributed by atoms with E-state index in [1.54, 1.807) is 29.2 Å². The number of ether oxygens (including phenoxy) is 2. The van der Waals surface area contributed by atoms with Crippen LogP contribution in [0.3, 0.4) is 0 Å². The van der Waals surface area contributed by atoms with Crippen molar-refractivity contribution in [1.29, 1.82) is 0 Å². The first kappa shape index (κ1) is 24.7. The number of rotatable bonds is 6. The van der Waals surface area contributed by atoms with Crippen LogP contribution in [0, 0.1) is 0 Å². The van der Waals surface area contributed by atoms with Gasteiger partial charge in [0.2, 0.25) is 5.56 Å². The van der Waals surface area contributed by atoms with Crippen LogP contribution in [0.25, 0.3) is 10.9 Å². The topological polar surface area (TPSA) is 118 Å². The van der Waals surface area contributed by atoms with Gasteiger partial charge in [-0.2, -0.15) is 0 Å². The molecule has 2 heterocycles. The van der Waals surface area contributed by atoms with E-state index < -0.39 is 21.2 Å². The Balaban J connectivity index is 1.70. The second-order valence-corrected chi connectivity index (χ2v) is 10.9. The zero-order chi connectivity index (χ0) is 25.4. The number of nitrogens with one attached hydrogen (secondary N) is 2. The number of amides is 1. The van der Waals surface area contributed by atoms with Crippen LogP contribution in [0.2, 0.25) is 0 Å². The molecule has 9 nitrogen and oxygen atoms in total. The molecular weight excluding hydrogens is 470 g/mol. The molecule has 10 heteroatoms. The van der Waals surface area contributed by atoms with Gasteiger partial charge in [0.1, 0.15) is 5.75 Å². The predicted molar refractivity (Wildman–Crippen MR) is 134 cm³/mol. The number of sulfonamides is 1. The Kier molecular flexibility index (Phi) is 6.61. The number of benzene rings is 2. The maximum atomic E-state index is 13.5. The number of nitrogens with zero attached hydrogens (tertiary/aromatic N) is 1. The van der Waals surface area contributed by atoms with Crippen LogP contribution in [0.15, 0.2) is 58.2 Å². The van der Waals surface area contributed by atoms with Crippen molar-refractivity contribution < 1.29 is 22.7 Å². The Hall–Kier alpha value is -3.37. The molecule has 0 saturated carbocycles. The molecule has 1 aliphatic rings. The molecule has 0 aliphatic carbocycles. The number of H-pyrrole nitrogens is 1. The van der Waals surface area contributed by atoms with Crippen molar-refractivity contribution in [2.75, 3.05) is 24.4 Å². The van der Waals surface area contributed by atoms with E-state index in [0.29, 0.717) is 42.0 Å². The van der Waals surface area contributed by atoms with Crippen molar-refractivity contribution in [2.45, 2.75) is 44.3 Å². The fourth-order valence-electron chi connectivity index (χ4n) is 4.36. The Morgan fingerprint density at radius 2 is 1.91 bits per heavy atom. The summed E-state index contributed by atoms with van der Waals surface area (Å²) in [7, 11) is -3.96. The molecule has 1 saturated heterocycles. The summed E-state index contributed by atoms with van der Waals surface area (Å²) in [6.07, 6.45) is -0.176. The molecule has 2 aromatic carbocycles. The van der Waals surface area contributed by atoms with E-state index in [1.165, 1.54) is 24.3 Å². The summed E-state index contributed by atoms with van der Waals surface area (Å²) in [6, 6.07) is 12.1. The summed E-state index contributed by atoms with van der Waals surface area (Å²) in [5.74, 6) is 0.284. The van der Waals surface area contributed by atoms with Gasteiger partial charge in [0.25, 0.3) is 15.9 Å². The van der Waals surface area contributed by atoms with Gasteiger partial charge in [-0.3, -0.25) is 14.3 Å². The van der Waals surface area contributed by atoms with Gasteiger partial charge in [0, 0.05) is 35.7 Å². The second kappa shape index (κ2) is 9.35. The van der Waals surface area contributed by atoms with Crippen molar-refractivity contribution in [3.05, 3.63) is 64.4 Å². The quantitative estimate of drug-likeness (QED) is 0.537. The Bertz CT molecular complexity index is 1410. The van der Waals surface area contributed by atoms with Crippen LogP contribution in [0.5, 0.6) is 5.75 Å². The highest BCUT2D eigenvalue weighted by Crippen LogP contribution is 2.27. The minimum Gasteiger partial charge on any atom is -0.494 e. The lowest BCUT2D eigenvalue weighted by Gasteiger charge is -2.41. The zero-order valence-corrected chi connectivity index (χ0v) is 20.9. The minimum absolute atomic E-state index is 0.0318. The summed E-state index contributed by atoms with van der Waals surface area (Å²) in [5.41, 5.74) is -0.0888. The first-order chi connectivity index (χ1) is 16.5. The molecule has 35 heavy (non-hydrogen) atoms. The maximum Gasteiger partial charge on any atom is 0.261 e. The number of hydrogen-bond donors (Lipinski definition) is 2. The number of morpholine rings is 1. The molecule has 2 N–H and O–H groups in total. The summed E-state index contributed by atoms with van der Waals surface area (Å²) in [6.45, 7) is 8.77. The maximum absolute atomic E-state index is 13.5. The van der Waals surface area contributed by atoms with Crippen molar-refractivity contribution in [3.63, 3.8) is 0 Å². The van der Waals surface area contributed by atoms with Gasteiger partial charge in [-0.1, -0.05) is 0 Å². The Labute approximate surface area is 204 Å². The number of carbonyl (C=O) groups is 1. The van der Waals surface area contributed by atoms with Gasteiger partial charge in [0.05, 0.1) is 28.8 Å². The SMILES string of the molecule is CCOc1ccc(NS(=O)(=O)c2ccc3[nH]c(=O)cc(C(=O)N4CC(C)OC(C)(C)C4)c3c2)cc1. The fourth-order valence-corrected chi connectivity index (χ4v) is 5.44. The summed E-state index contributed by atoms with van der Waals surface area (Å²) in [5, 5.41) is 0.348. The predicted octanol–water partition coefficient (Wildman–Crippen LogP) is 3.37. The van der Waals surface area contributed by atoms with Gasteiger partial charge in [0.15, 0.2) is 0 Å². The lowest BCUT2D eigenvalue weighted by atomic mass is 10.0. The molecule has 1 fully saturated rings. The van der Waals surface area contributed by atoms with Crippen molar-refractivity contribution in [3.8, 4) is 5.75 Å². The van der Waals surface area contributed by atoms with Crippen LogP contribution >= 0.6 is 0 Å². The minimum atomic E-state index is -3.96. The second-order valence-electron chi connectivity index (χ2n) is 9.19. The number of pyridine rings is 1. The highest BCUT2D eigenvalue weighted by molar-refractivity contribution is 7.92. The Morgan fingerprint density at radius 3 is 2.57 bits per heavy atom. The number of anilines is 1. The molecule has 0 radical (unpaired) electrons. The average molecular weight is 500 g/mol. The number of aromatic amines is 1. The van der Waals surface area contributed by atoms with Crippen LogP contribution < -0.4 is 15.0 Å². The Morgan fingerprint density at radius 1 is 1.20 bits per heavy atom. The van der Waals surface area contributed by atoms with Crippen LogP contribution in [-0.2, 0) is 14.8 Å². The van der Waals surface area contributed by atoms with Crippen molar-refractivity contribution in [2.24, 2.45) is 0 Å². The van der Waals surface area contributed by atoms with Gasteiger partial charge in [-0.25, -0.2) is 8.42 Å². The molecule has 1 amide bonds. The van der Waals surface area contributed by atoms with Crippen molar-refractivity contribution in [1.82, 2.24) is 9.88 Å². The van der Waals surface area contributed by atoms with E-state index in [4.69, 9.17) is 9.47 Å². The third-order valence-corrected chi connectivity index (χ3v) is 7.01. The molecule has 1 atom stereocenters. The van der Waals surface area contributed by atoms with E-state index in [1.807, 2.05) is 27.7 Å². The molecule has 0 spiro atoms. The van der Waals surface area contributed by atoms with Crippen LogP contribution in [0.4, 0.5) is 5.69 Å². The average Bonchev–Trinajstić information content (AvgIpc) is 2.77. The largest absolute Gasteiger partial charge is 0.494 e. The summed E-state index contributed by atoms with van der Waals surface area (Å²) < 4.78 is 40.0. The number of aromatic nitrogens is 1. The van der Waals surface area contributed by atoms with Crippen LogP contribution in [0.1, 0.15) is 38.1 Å². The molecule has 4 rings (SSSR count). The lowest BCUT2D eigenvalue weighted by Crippen LogP contribution is -2.53. The highest BCUT2D eigenvalue weighted by atomic mass is 32.2. The van der Waals surface area contributed by atoms with E-state index in [9.17, 15) is 18.0 Å². The normalized spacial score (nSPS) is 17.8. The fraction of sp³-hybridized carbons (Fsp3) is 0.360. The molecule has 1 aromatic heterocycles. The standard InChI is InChI=1S/C25H29N3O6S/c1-5-33-18-8-6-17(7-9-18)27-35(31,32)19-10-11-22-20(12-19)21(13-23(29)26-22)24(30)28-14-16(2)34-25(3,4)15-28/h6-13,16,27H,5,14-15H2,1-4H3,(H,26,29). The molecule has 186 valence electrons. The molecule has 3 aromatic rings. The summed E-state index contributed by atoms with van der Waals surface area (Å²) >= 11 is 0. The van der Waals surface area contributed by atoms with E-state index in [0.717, 1.165) is 0 Å². The smallest absolute Gasteiger partial charge is 0.261 e. The van der Waals surface area contributed by atoms with Crippen LogP contribution in [-0.4, -0.2) is 55.6 Å². The summed E-state index contributed by atoms with van der Waals surface area (Å²) in [4.78, 5) is 30.1.